The lowest BCUT2D eigenvalue weighted by atomic mass is 9.86. The molecule has 4 heterocycles. The Hall–Kier alpha value is -2.94. The molecule has 2 N–H and O–H groups in total. The van der Waals surface area contributed by atoms with Gasteiger partial charge in [-0.3, -0.25) is 14.9 Å². The molecule has 29 heavy (non-hydrogen) atoms. The Balaban J connectivity index is 1.54. The van der Waals surface area contributed by atoms with E-state index in [1.807, 2.05) is 12.1 Å². The first-order valence-electron chi connectivity index (χ1n) is 9.42. The van der Waals surface area contributed by atoms with Gasteiger partial charge in [0.05, 0.1) is 10.9 Å². The standard InChI is InChI=1S/C20H18F3N5O/c21-20(22,23)16-9-12(3-6-25-16)17-14-10-13(1-2-15(14)26-27-17)28-8-5-19(18(28)29)4-7-24-11-19/h1-3,6,9-10,24H,4-5,7-8,11H2,(H,26,27). The number of H-pyrrole nitrogens is 1. The van der Waals surface area contributed by atoms with E-state index in [0.29, 0.717) is 35.2 Å². The summed E-state index contributed by atoms with van der Waals surface area (Å²) in [4.78, 5) is 18.2. The van der Waals surface area contributed by atoms with Crippen LogP contribution < -0.4 is 10.2 Å². The molecule has 1 spiro atoms. The molecule has 5 rings (SSSR count). The molecule has 150 valence electrons. The van der Waals surface area contributed by atoms with Crippen molar-refractivity contribution in [1.29, 1.82) is 0 Å². The summed E-state index contributed by atoms with van der Waals surface area (Å²) in [6.07, 6.45) is -1.77. The summed E-state index contributed by atoms with van der Waals surface area (Å²) < 4.78 is 39.1. The molecule has 0 saturated carbocycles. The fourth-order valence-corrected chi connectivity index (χ4v) is 4.33. The highest BCUT2D eigenvalue weighted by molar-refractivity contribution is 6.03. The molecule has 1 amide bonds. The molecular formula is C20H18F3N5O. The maximum atomic E-state index is 13.0. The average molecular weight is 401 g/mol. The van der Waals surface area contributed by atoms with E-state index < -0.39 is 11.9 Å². The van der Waals surface area contributed by atoms with Crippen molar-refractivity contribution in [3.05, 3.63) is 42.2 Å². The van der Waals surface area contributed by atoms with Gasteiger partial charge in [-0.25, -0.2) is 0 Å². The van der Waals surface area contributed by atoms with Crippen molar-refractivity contribution in [1.82, 2.24) is 20.5 Å². The summed E-state index contributed by atoms with van der Waals surface area (Å²) in [7, 11) is 0. The minimum Gasteiger partial charge on any atom is -0.316 e. The van der Waals surface area contributed by atoms with Gasteiger partial charge < -0.3 is 10.2 Å². The molecule has 1 aromatic carbocycles. The first-order valence-corrected chi connectivity index (χ1v) is 9.42. The summed E-state index contributed by atoms with van der Waals surface area (Å²) >= 11 is 0. The molecule has 2 saturated heterocycles. The molecule has 9 heteroatoms. The Bertz CT molecular complexity index is 1100. The Labute approximate surface area is 164 Å². The van der Waals surface area contributed by atoms with Crippen LogP contribution in [0.15, 0.2) is 36.5 Å². The summed E-state index contributed by atoms with van der Waals surface area (Å²) in [5, 5.41) is 11.0. The van der Waals surface area contributed by atoms with Crippen LogP contribution in [0.4, 0.5) is 18.9 Å². The minimum atomic E-state index is -4.53. The van der Waals surface area contributed by atoms with Crippen molar-refractivity contribution in [3.8, 4) is 11.3 Å². The zero-order valence-corrected chi connectivity index (χ0v) is 15.4. The molecular weight excluding hydrogens is 383 g/mol. The summed E-state index contributed by atoms with van der Waals surface area (Å²) in [6.45, 7) is 2.17. The average Bonchev–Trinajstić information content (AvgIpc) is 3.42. The molecule has 2 aliphatic rings. The molecule has 0 bridgehead atoms. The number of hydrogen-bond donors (Lipinski definition) is 2. The summed E-state index contributed by atoms with van der Waals surface area (Å²) in [5.74, 6) is 0.107. The van der Waals surface area contributed by atoms with Crippen molar-refractivity contribution in [2.75, 3.05) is 24.5 Å². The Morgan fingerprint density at radius 1 is 1.14 bits per heavy atom. The lowest BCUT2D eigenvalue weighted by Crippen LogP contribution is -2.36. The number of benzene rings is 1. The molecule has 0 aliphatic carbocycles. The zero-order chi connectivity index (χ0) is 20.2. The number of aromatic amines is 1. The first kappa shape index (κ1) is 18.1. The normalized spacial score (nSPS) is 22.3. The number of carbonyl (C=O) groups is 1. The first-order chi connectivity index (χ1) is 13.9. The smallest absolute Gasteiger partial charge is 0.316 e. The monoisotopic (exact) mass is 401 g/mol. The molecule has 0 radical (unpaired) electrons. The predicted octanol–water partition coefficient (Wildman–Crippen LogP) is 3.36. The third kappa shape index (κ3) is 2.88. The van der Waals surface area contributed by atoms with E-state index in [4.69, 9.17) is 0 Å². The Kier molecular flexibility index (Phi) is 3.92. The number of anilines is 1. The fourth-order valence-electron chi connectivity index (χ4n) is 4.33. The minimum absolute atomic E-state index is 0.107. The van der Waals surface area contributed by atoms with Gasteiger partial charge >= 0.3 is 6.18 Å². The van der Waals surface area contributed by atoms with E-state index >= 15 is 0 Å². The van der Waals surface area contributed by atoms with Gasteiger partial charge in [0.25, 0.3) is 0 Å². The van der Waals surface area contributed by atoms with Crippen LogP contribution in [0.1, 0.15) is 18.5 Å². The highest BCUT2D eigenvalue weighted by atomic mass is 19.4. The van der Waals surface area contributed by atoms with Gasteiger partial charge in [0, 0.05) is 35.9 Å². The van der Waals surface area contributed by atoms with Crippen LogP contribution in [-0.2, 0) is 11.0 Å². The van der Waals surface area contributed by atoms with Crippen LogP contribution in [0.3, 0.4) is 0 Å². The van der Waals surface area contributed by atoms with E-state index in [0.717, 1.165) is 37.3 Å². The molecule has 2 aliphatic heterocycles. The number of rotatable bonds is 2. The van der Waals surface area contributed by atoms with Gasteiger partial charge in [-0.05, 0) is 49.7 Å². The number of nitrogens with one attached hydrogen (secondary N) is 2. The van der Waals surface area contributed by atoms with Crippen LogP contribution in [0.5, 0.6) is 0 Å². The van der Waals surface area contributed by atoms with Crippen molar-refractivity contribution in [2.45, 2.75) is 19.0 Å². The van der Waals surface area contributed by atoms with E-state index in [9.17, 15) is 18.0 Å². The van der Waals surface area contributed by atoms with Gasteiger partial charge in [0.1, 0.15) is 11.4 Å². The van der Waals surface area contributed by atoms with E-state index in [-0.39, 0.29) is 11.3 Å². The Morgan fingerprint density at radius 3 is 2.76 bits per heavy atom. The quantitative estimate of drug-likeness (QED) is 0.691. The second kappa shape index (κ2) is 6.28. The number of carbonyl (C=O) groups excluding carboxylic acids is 1. The summed E-state index contributed by atoms with van der Waals surface area (Å²) in [6, 6.07) is 7.96. The second-order valence-corrected chi connectivity index (χ2v) is 7.64. The predicted molar refractivity (Wildman–Crippen MR) is 101 cm³/mol. The van der Waals surface area contributed by atoms with Crippen molar-refractivity contribution in [3.63, 3.8) is 0 Å². The van der Waals surface area contributed by atoms with E-state index in [1.165, 1.54) is 6.07 Å². The molecule has 6 nitrogen and oxygen atoms in total. The lowest BCUT2D eigenvalue weighted by Gasteiger charge is -2.22. The molecule has 3 aromatic rings. The van der Waals surface area contributed by atoms with Crippen molar-refractivity contribution < 1.29 is 18.0 Å². The number of hydrogen-bond acceptors (Lipinski definition) is 4. The number of aromatic nitrogens is 3. The zero-order valence-electron chi connectivity index (χ0n) is 15.4. The number of fused-ring (bicyclic) bond motifs is 1. The molecule has 2 fully saturated rings. The Morgan fingerprint density at radius 2 is 2.00 bits per heavy atom. The van der Waals surface area contributed by atoms with Gasteiger partial charge in [-0.1, -0.05) is 0 Å². The number of nitrogens with zero attached hydrogens (tertiary/aromatic N) is 3. The van der Waals surface area contributed by atoms with Crippen molar-refractivity contribution in [2.24, 2.45) is 5.41 Å². The number of amides is 1. The van der Waals surface area contributed by atoms with Gasteiger partial charge in [0.2, 0.25) is 5.91 Å². The second-order valence-electron chi connectivity index (χ2n) is 7.64. The number of halogens is 3. The lowest BCUT2D eigenvalue weighted by molar-refractivity contribution is -0.141. The van der Waals surface area contributed by atoms with Crippen LogP contribution >= 0.6 is 0 Å². The van der Waals surface area contributed by atoms with Gasteiger partial charge in [-0.2, -0.15) is 18.3 Å². The van der Waals surface area contributed by atoms with Gasteiger partial charge in [0.15, 0.2) is 0 Å². The maximum absolute atomic E-state index is 13.0. The highest BCUT2D eigenvalue weighted by Crippen LogP contribution is 2.41. The third-order valence-corrected chi connectivity index (χ3v) is 5.94. The van der Waals surface area contributed by atoms with Crippen LogP contribution in [0.2, 0.25) is 0 Å². The SMILES string of the molecule is O=C1N(c2ccc3[nH]nc(-c4ccnc(C(F)(F)F)c4)c3c2)CCC12CCNC2. The highest BCUT2D eigenvalue weighted by Gasteiger charge is 2.48. The molecule has 1 atom stereocenters. The van der Waals surface area contributed by atoms with Crippen molar-refractivity contribution >= 4 is 22.5 Å². The largest absolute Gasteiger partial charge is 0.433 e. The number of alkyl halides is 3. The maximum Gasteiger partial charge on any atom is 0.433 e. The number of pyridine rings is 1. The fraction of sp³-hybridized carbons (Fsp3) is 0.350. The summed E-state index contributed by atoms with van der Waals surface area (Å²) in [5.41, 5.74) is 0.851. The topological polar surface area (TPSA) is 73.9 Å². The third-order valence-electron chi connectivity index (χ3n) is 5.94. The van der Waals surface area contributed by atoms with Crippen LogP contribution in [-0.4, -0.2) is 40.7 Å². The van der Waals surface area contributed by atoms with Crippen LogP contribution in [0, 0.1) is 5.41 Å². The van der Waals surface area contributed by atoms with Gasteiger partial charge in [-0.15, -0.1) is 0 Å². The molecule has 1 unspecified atom stereocenters. The van der Waals surface area contributed by atoms with E-state index in [2.05, 4.69) is 20.5 Å². The van der Waals surface area contributed by atoms with Crippen LogP contribution in [0.25, 0.3) is 22.2 Å². The van der Waals surface area contributed by atoms with E-state index in [1.54, 1.807) is 11.0 Å². The molecule has 2 aromatic heterocycles.